The van der Waals surface area contributed by atoms with Gasteiger partial charge in [0.2, 0.25) is 0 Å². The summed E-state index contributed by atoms with van der Waals surface area (Å²) in [6.45, 7) is 13.0. The Morgan fingerprint density at radius 1 is 0.636 bits per heavy atom. The molecule has 0 N–H and O–H groups in total. The van der Waals surface area contributed by atoms with Crippen LogP contribution in [0.15, 0.2) is 30.3 Å². The van der Waals surface area contributed by atoms with Crippen LogP contribution in [0.1, 0.15) is 33.4 Å². The molecule has 1 heterocycles. The first-order chi connectivity index (χ1) is 10.4. The van der Waals surface area contributed by atoms with Crippen molar-refractivity contribution in [2.75, 3.05) is 0 Å². The molecule has 1 heteroatoms. The van der Waals surface area contributed by atoms with Gasteiger partial charge < -0.3 is 0 Å². The smallest absolute Gasteiger partial charge is 0.0715 e. The summed E-state index contributed by atoms with van der Waals surface area (Å²) in [5, 5.41) is 1.26. The highest BCUT2D eigenvalue weighted by Crippen LogP contribution is 2.29. The molecule has 0 fully saturated rings. The Hall–Kier alpha value is -2.15. The number of hydrogen-bond acceptors (Lipinski definition) is 1. The minimum Gasteiger partial charge on any atom is -0.248 e. The molecule has 2 aromatic carbocycles. The molecule has 0 aliphatic rings. The minimum atomic E-state index is 1.07. The zero-order valence-corrected chi connectivity index (χ0v) is 14.3. The molecule has 0 saturated heterocycles. The molecule has 1 nitrogen and oxygen atoms in total. The molecule has 3 rings (SSSR count). The van der Waals surface area contributed by atoms with E-state index >= 15 is 0 Å². The summed E-state index contributed by atoms with van der Waals surface area (Å²) >= 11 is 0. The molecule has 0 amide bonds. The fourth-order valence-corrected chi connectivity index (χ4v) is 3.10. The molecule has 0 bridgehead atoms. The van der Waals surface area contributed by atoms with Crippen LogP contribution >= 0.6 is 0 Å². The summed E-state index contributed by atoms with van der Waals surface area (Å²) in [4.78, 5) is 4.94. The Morgan fingerprint density at radius 2 is 1.32 bits per heavy atom. The van der Waals surface area contributed by atoms with E-state index in [2.05, 4.69) is 71.9 Å². The van der Waals surface area contributed by atoms with Gasteiger partial charge >= 0.3 is 0 Å². The second-order valence-electron chi connectivity index (χ2n) is 6.46. The van der Waals surface area contributed by atoms with Crippen LogP contribution in [0.3, 0.4) is 0 Å². The van der Waals surface area contributed by atoms with Gasteiger partial charge in [-0.2, -0.15) is 0 Å². The predicted octanol–water partition coefficient (Wildman–Crippen LogP) is 5.75. The molecule has 0 radical (unpaired) electrons. The van der Waals surface area contributed by atoms with Gasteiger partial charge in [0.05, 0.1) is 11.2 Å². The average Bonchev–Trinajstić information content (AvgIpc) is 2.48. The first-order valence-electron chi connectivity index (χ1n) is 7.84. The van der Waals surface area contributed by atoms with E-state index in [9.17, 15) is 0 Å². The molecule has 0 unspecified atom stereocenters. The summed E-state index contributed by atoms with van der Waals surface area (Å²) in [7, 11) is 0. The summed E-state index contributed by atoms with van der Waals surface area (Å²) in [6, 6.07) is 11.1. The summed E-state index contributed by atoms with van der Waals surface area (Å²) in [5.74, 6) is 0. The minimum absolute atomic E-state index is 1.07. The van der Waals surface area contributed by atoms with E-state index < -0.39 is 0 Å². The standard InChI is InChI=1S/C21H23N/c1-12-9-15(4)19(10-13(12)2)20-8-7-18-17(6)16(5)14(3)11-21(18)22-20/h7-11H,1-6H3. The molecule has 0 spiro atoms. The Morgan fingerprint density at radius 3 is 2.05 bits per heavy atom. The highest BCUT2D eigenvalue weighted by Gasteiger charge is 2.09. The van der Waals surface area contributed by atoms with Crippen molar-refractivity contribution >= 4 is 10.9 Å². The average molecular weight is 289 g/mol. The fraction of sp³-hybridized carbons (Fsp3) is 0.286. The van der Waals surface area contributed by atoms with Crippen molar-refractivity contribution in [3.8, 4) is 11.3 Å². The summed E-state index contributed by atoms with van der Waals surface area (Å²) < 4.78 is 0. The number of rotatable bonds is 1. The molecule has 0 aliphatic heterocycles. The normalized spacial score (nSPS) is 11.2. The van der Waals surface area contributed by atoms with E-state index in [-0.39, 0.29) is 0 Å². The third-order valence-electron chi connectivity index (χ3n) is 4.95. The van der Waals surface area contributed by atoms with Gasteiger partial charge in [-0.3, -0.25) is 0 Å². The van der Waals surface area contributed by atoms with Gasteiger partial charge in [-0.05, 0) is 93.1 Å². The van der Waals surface area contributed by atoms with Crippen LogP contribution in [0.4, 0.5) is 0 Å². The molecule has 0 atom stereocenters. The Balaban J connectivity index is 2.26. The lowest BCUT2D eigenvalue weighted by Crippen LogP contribution is -1.94. The second-order valence-corrected chi connectivity index (χ2v) is 6.46. The predicted molar refractivity (Wildman–Crippen MR) is 95.6 cm³/mol. The van der Waals surface area contributed by atoms with Crippen molar-refractivity contribution in [3.63, 3.8) is 0 Å². The quantitative estimate of drug-likeness (QED) is 0.555. The van der Waals surface area contributed by atoms with Gasteiger partial charge in [-0.1, -0.05) is 12.1 Å². The zero-order valence-electron chi connectivity index (χ0n) is 14.3. The number of benzene rings is 2. The molecule has 1 aromatic heterocycles. The van der Waals surface area contributed by atoms with Crippen molar-refractivity contribution in [1.82, 2.24) is 4.98 Å². The topological polar surface area (TPSA) is 12.9 Å². The maximum atomic E-state index is 4.94. The van der Waals surface area contributed by atoms with Crippen LogP contribution in [0.25, 0.3) is 22.2 Å². The van der Waals surface area contributed by atoms with Crippen LogP contribution in [0, 0.1) is 41.5 Å². The van der Waals surface area contributed by atoms with Gasteiger partial charge in [0.25, 0.3) is 0 Å². The van der Waals surface area contributed by atoms with E-state index in [0.717, 1.165) is 11.2 Å². The van der Waals surface area contributed by atoms with Gasteiger partial charge in [-0.25, -0.2) is 4.98 Å². The Kier molecular flexibility index (Phi) is 3.52. The van der Waals surface area contributed by atoms with Gasteiger partial charge in [0, 0.05) is 10.9 Å². The molecular formula is C21H23N. The third-order valence-corrected chi connectivity index (χ3v) is 4.95. The number of nitrogens with zero attached hydrogens (tertiary/aromatic N) is 1. The van der Waals surface area contributed by atoms with Crippen molar-refractivity contribution in [2.24, 2.45) is 0 Å². The van der Waals surface area contributed by atoms with Crippen molar-refractivity contribution in [2.45, 2.75) is 41.5 Å². The van der Waals surface area contributed by atoms with E-state index in [0.29, 0.717) is 0 Å². The first-order valence-corrected chi connectivity index (χ1v) is 7.84. The fourth-order valence-electron chi connectivity index (χ4n) is 3.10. The van der Waals surface area contributed by atoms with E-state index in [1.54, 1.807) is 0 Å². The second kappa shape index (κ2) is 5.24. The van der Waals surface area contributed by atoms with E-state index in [1.165, 1.54) is 44.3 Å². The number of hydrogen-bond donors (Lipinski definition) is 0. The maximum absolute atomic E-state index is 4.94. The van der Waals surface area contributed by atoms with Gasteiger partial charge in [0.1, 0.15) is 0 Å². The lowest BCUT2D eigenvalue weighted by Gasteiger charge is -2.13. The van der Waals surface area contributed by atoms with Crippen molar-refractivity contribution < 1.29 is 0 Å². The maximum Gasteiger partial charge on any atom is 0.0715 e. The van der Waals surface area contributed by atoms with Crippen LogP contribution in [0.5, 0.6) is 0 Å². The lowest BCUT2D eigenvalue weighted by molar-refractivity contribution is 1.26. The Bertz CT molecular complexity index is 888. The first kappa shape index (κ1) is 14.8. The number of aromatic nitrogens is 1. The highest BCUT2D eigenvalue weighted by atomic mass is 14.7. The van der Waals surface area contributed by atoms with Gasteiger partial charge in [0.15, 0.2) is 0 Å². The molecular weight excluding hydrogens is 266 g/mol. The number of aryl methyl sites for hydroxylation is 5. The number of pyridine rings is 1. The SMILES string of the molecule is Cc1cc(C)c(-c2ccc3c(C)c(C)c(C)cc3n2)cc1C. The summed E-state index contributed by atoms with van der Waals surface area (Å²) in [6.07, 6.45) is 0. The highest BCUT2D eigenvalue weighted by molar-refractivity contribution is 5.86. The Labute approximate surface area is 133 Å². The van der Waals surface area contributed by atoms with Crippen LogP contribution in [-0.4, -0.2) is 4.98 Å². The van der Waals surface area contributed by atoms with Crippen LogP contribution in [-0.2, 0) is 0 Å². The number of fused-ring (bicyclic) bond motifs is 1. The molecule has 22 heavy (non-hydrogen) atoms. The van der Waals surface area contributed by atoms with Crippen LogP contribution < -0.4 is 0 Å². The van der Waals surface area contributed by atoms with E-state index in [4.69, 9.17) is 4.98 Å². The monoisotopic (exact) mass is 289 g/mol. The van der Waals surface area contributed by atoms with Crippen LogP contribution in [0.2, 0.25) is 0 Å². The molecule has 0 aliphatic carbocycles. The zero-order chi connectivity index (χ0) is 16.0. The van der Waals surface area contributed by atoms with Crippen molar-refractivity contribution in [3.05, 3.63) is 63.7 Å². The molecule has 0 saturated carbocycles. The van der Waals surface area contributed by atoms with Gasteiger partial charge in [-0.15, -0.1) is 0 Å². The van der Waals surface area contributed by atoms with Crippen molar-refractivity contribution in [1.29, 1.82) is 0 Å². The molecule has 112 valence electrons. The lowest BCUT2D eigenvalue weighted by atomic mass is 9.96. The third kappa shape index (κ3) is 2.31. The van der Waals surface area contributed by atoms with E-state index in [1.807, 2.05) is 0 Å². The largest absolute Gasteiger partial charge is 0.248 e. The molecule has 3 aromatic rings. The summed E-state index contributed by atoms with van der Waals surface area (Å²) in [5.41, 5.74) is 11.4.